The molecule has 0 aromatic heterocycles. The maximum absolute atomic E-state index is 11.8. The van der Waals surface area contributed by atoms with E-state index < -0.39 is 27.1 Å². The van der Waals surface area contributed by atoms with Crippen molar-refractivity contribution in [3.05, 3.63) is 35.9 Å². The third-order valence-corrected chi connectivity index (χ3v) is 4.05. The second kappa shape index (κ2) is 4.85. The Labute approximate surface area is 100 Å². The topological polar surface area (TPSA) is 97.5 Å². The summed E-state index contributed by atoms with van der Waals surface area (Å²) < 4.78 is 23.6. The highest BCUT2D eigenvalue weighted by molar-refractivity contribution is 7.90. The lowest BCUT2D eigenvalue weighted by atomic mass is 10.1. The highest BCUT2D eigenvalue weighted by atomic mass is 32.2. The van der Waals surface area contributed by atoms with Crippen LogP contribution in [0.15, 0.2) is 30.3 Å². The summed E-state index contributed by atoms with van der Waals surface area (Å²) in [7, 11) is -3.54. The molecule has 94 valence electrons. The van der Waals surface area contributed by atoms with Crippen LogP contribution < -0.4 is 5.73 Å². The largest absolute Gasteiger partial charge is 0.480 e. The first-order valence-corrected chi connectivity index (χ1v) is 6.82. The van der Waals surface area contributed by atoms with Crippen molar-refractivity contribution in [1.29, 1.82) is 0 Å². The van der Waals surface area contributed by atoms with Crippen molar-refractivity contribution in [2.24, 2.45) is 5.73 Å². The fourth-order valence-electron chi connectivity index (χ4n) is 1.40. The van der Waals surface area contributed by atoms with E-state index in [0.29, 0.717) is 5.56 Å². The maximum atomic E-state index is 11.8. The number of aliphatic carboxylic acids is 1. The summed E-state index contributed by atoms with van der Waals surface area (Å²) in [5.74, 6) is -2.10. The quantitative estimate of drug-likeness (QED) is 0.796. The van der Waals surface area contributed by atoms with Crippen molar-refractivity contribution < 1.29 is 18.3 Å². The highest BCUT2D eigenvalue weighted by Gasteiger charge is 2.33. The number of sulfone groups is 1. The van der Waals surface area contributed by atoms with Crippen molar-refractivity contribution in [1.82, 2.24) is 0 Å². The molecular weight excluding hydrogens is 242 g/mol. The standard InChI is InChI=1S/C11H15NO4S/c1-11(12,10(13)14)8-17(15,16)7-9-5-3-2-4-6-9/h2-6H,7-8,12H2,1H3,(H,13,14). The maximum Gasteiger partial charge on any atom is 0.324 e. The molecule has 0 radical (unpaired) electrons. The van der Waals surface area contributed by atoms with Crippen LogP contribution in [0.25, 0.3) is 0 Å². The first kappa shape index (κ1) is 13.7. The van der Waals surface area contributed by atoms with Gasteiger partial charge in [-0.3, -0.25) is 4.79 Å². The van der Waals surface area contributed by atoms with Crippen LogP contribution >= 0.6 is 0 Å². The average molecular weight is 257 g/mol. The van der Waals surface area contributed by atoms with Gasteiger partial charge in [-0.2, -0.15) is 0 Å². The van der Waals surface area contributed by atoms with Crippen LogP contribution in [-0.4, -0.2) is 30.8 Å². The molecule has 6 heteroatoms. The molecule has 0 saturated heterocycles. The van der Waals surface area contributed by atoms with Crippen LogP contribution in [0.2, 0.25) is 0 Å². The molecule has 0 aliphatic heterocycles. The molecule has 0 aliphatic rings. The first-order valence-electron chi connectivity index (χ1n) is 4.99. The SMILES string of the molecule is CC(N)(CS(=O)(=O)Cc1ccccc1)C(=O)O. The van der Waals surface area contributed by atoms with E-state index in [2.05, 4.69) is 0 Å². The Morgan fingerprint density at radius 3 is 2.35 bits per heavy atom. The zero-order valence-electron chi connectivity index (χ0n) is 9.46. The van der Waals surface area contributed by atoms with E-state index in [0.717, 1.165) is 0 Å². The molecule has 1 unspecified atom stereocenters. The zero-order chi connectivity index (χ0) is 13.1. The van der Waals surface area contributed by atoms with Crippen molar-refractivity contribution in [3.8, 4) is 0 Å². The van der Waals surface area contributed by atoms with Crippen LogP contribution in [0.4, 0.5) is 0 Å². The molecule has 0 amide bonds. The summed E-state index contributed by atoms with van der Waals surface area (Å²) in [5.41, 5.74) is 4.28. The Bertz CT molecular complexity index is 493. The normalized spacial score (nSPS) is 15.2. The summed E-state index contributed by atoms with van der Waals surface area (Å²) >= 11 is 0. The Morgan fingerprint density at radius 2 is 1.88 bits per heavy atom. The van der Waals surface area contributed by atoms with Gasteiger partial charge in [0.15, 0.2) is 9.84 Å². The molecule has 0 aliphatic carbocycles. The van der Waals surface area contributed by atoms with Gasteiger partial charge in [-0.05, 0) is 12.5 Å². The fourth-order valence-corrected chi connectivity index (χ4v) is 3.24. The predicted molar refractivity (Wildman–Crippen MR) is 64.2 cm³/mol. The monoisotopic (exact) mass is 257 g/mol. The molecule has 0 saturated carbocycles. The minimum absolute atomic E-state index is 0.200. The van der Waals surface area contributed by atoms with Gasteiger partial charge >= 0.3 is 5.97 Å². The number of carbonyl (C=O) groups is 1. The van der Waals surface area contributed by atoms with E-state index in [4.69, 9.17) is 10.8 Å². The van der Waals surface area contributed by atoms with E-state index >= 15 is 0 Å². The molecule has 1 rings (SSSR count). The summed E-state index contributed by atoms with van der Waals surface area (Å²) in [6.07, 6.45) is 0. The summed E-state index contributed by atoms with van der Waals surface area (Å²) in [6.45, 7) is 1.19. The summed E-state index contributed by atoms with van der Waals surface area (Å²) in [4.78, 5) is 10.8. The van der Waals surface area contributed by atoms with E-state index in [9.17, 15) is 13.2 Å². The molecule has 5 nitrogen and oxygen atoms in total. The molecule has 1 aromatic carbocycles. The molecule has 1 atom stereocenters. The summed E-state index contributed by atoms with van der Waals surface area (Å²) in [6, 6.07) is 8.58. The van der Waals surface area contributed by atoms with Crippen LogP contribution in [-0.2, 0) is 20.4 Å². The molecule has 0 fully saturated rings. The Morgan fingerprint density at radius 1 is 1.35 bits per heavy atom. The number of benzene rings is 1. The van der Waals surface area contributed by atoms with Crippen molar-refractivity contribution in [2.45, 2.75) is 18.2 Å². The van der Waals surface area contributed by atoms with E-state index in [1.54, 1.807) is 30.3 Å². The minimum Gasteiger partial charge on any atom is -0.480 e. The second-order valence-electron chi connectivity index (χ2n) is 4.24. The van der Waals surface area contributed by atoms with E-state index in [1.165, 1.54) is 6.92 Å². The average Bonchev–Trinajstić information content (AvgIpc) is 2.16. The molecule has 1 aromatic rings. The first-order chi connectivity index (χ1) is 7.73. The van der Waals surface area contributed by atoms with Crippen molar-refractivity contribution >= 4 is 15.8 Å². The van der Waals surface area contributed by atoms with Crippen LogP contribution in [0.5, 0.6) is 0 Å². The van der Waals surface area contributed by atoms with Gasteiger partial charge < -0.3 is 10.8 Å². The Hall–Kier alpha value is -1.40. The van der Waals surface area contributed by atoms with E-state index in [1.807, 2.05) is 0 Å². The predicted octanol–water partition coefficient (Wildman–Crippen LogP) is 0.403. The van der Waals surface area contributed by atoms with E-state index in [-0.39, 0.29) is 5.75 Å². The third-order valence-electron chi connectivity index (χ3n) is 2.24. The van der Waals surface area contributed by atoms with Gasteiger partial charge in [0.2, 0.25) is 0 Å². The second-order valence-corrected chi connectivity index (χ2v) is 6.30. The molecule has 17 heavy (non-hydrogen) atoms. The van der Waals surface area contributed by atoms with Gasteiger partial charge in [0.25, 0.3) is 0 Å². The number of carboxylic acids is 1. The molecule has 0 spiro atoms. The number of hydrogen-bond acceptors (Lipinski definition) is 4. The van der Waals surface area contributed by atoms with Crippen molar-refractivity contribution in [2.75, 3.05) is 5.75 Å². The number of nitrogens with two attached hydrogens (primary N) is 1. The van der Waals surface area contributed by atoms with Gasteiger partial charge in [0.1, 0.15) is 5.54 Å². The van der Waals surface area contributed by atoms with Gasteiger partial charge in [0.05, 0.1) is 11.5 Å². The lowest BCUT2D eigenvalue weighted by Crippen LogP contribution is -2.50. The lowest BCUT2D eigenvalue weighted by molar-refractivity contribution is -0.141. The number of hydrogen-bond donors (Lipinski definition) is 2. The highest BCUT2D eigenvalue weighted by Crippen LogP contribution is 2.11. The number of rotatable bonds is 5. The minimum atomic E-state index is -3.54. The third kappa shape index (κ3) is 4.16. The Kier molecular flexibility index (Phi) is 3.90. The fraction of sp³-hybridized carbons (Fsp3) is 0.364. The molecular formula is C11H15NO4S. The zero-order valence-corrected chi connectivity index (χ0v) is 10.3. The molecule has 3 N–H and O–H groups in total. The van der Waals surface area contributed by atoms with Crippen LogP contribution in [0.3, 0.4) is 0 Å². The number of carboxylic acid groups (broad SMARTS) is 1. The van der Waals surface area contributed by atoms with Gasteiger partial charge in [-0.15, -0.1) is 0 Å². The summed E-state index contributed by atoms with van der Waals surface area (Å²) in [5, 5.41) is 8.78. The van der Waals surface area contributed by atoms with Crippen molar-refractivity contribution in [3.63, 3.8) is 0 Å². The smallest absolute Gasteiger partial charge is 0.324 e. The van der Waals surface area contributed by atoms with Gasteiger partial charge in [0, 0.05) is 0 Å². The van der Waals surface area contributed by atoms with Crippen LogP contribution in [0.1, 0.15) is 12.5 Å². The van der Waals surface area contributed by atoms with Gasteiger partial charge in [-0.25, -0.2) is 8.42 Å². The molecule has 0 heterocycles. The Balaban J connectivity index is 2.81. The molecule has 0 bridgehead atoms. The lowest BCUT2D eigenvalue weighted by Gasteiger charge is -2.18. The van der Waals surface area contributed by atoms with Crippen LogP contribution in [0, 0.1) is 0 Å². The van der Waals surface area contributed by atoms with Gasteiger partial charge in [-0.1, -0.05) is 30.3 Å².